The summed E-state index contributed by atoms with van der Waals surface area (Å²) < 4.78 is 5.06. The van der Waals surface area contributed by atoms with Crippen molar-refractivity contribution < 1.29 is 9.53 Å². The Bertz CT molecular complexity index is 840. The van der Waals surface area contributed by atoms with Gasteiger partial charge in [0.15, 0.2) is 0 Å². The topological polar surface area (TPSA) is 54.5 Å². The summed E-state index contributed by atoms with van der Waals surface area (Å²) in [5, 5.41) is 3.02. The zero-order valence-electron chi connectivity index (χ0n) is 19.5. The lowest BCUT2D eigenvalue weighted by atomic mass is 9.89. The zero-order chi connectivity index (χ0) is 22.2. The fourth-order valence-electron chi connectivity index (χ4n) is 4.22. The largest absolute Gasteiger partial charge is 0.385 e. The summed E-state index contributed by atoms with van der Waals surface area (Å²) in [5.74, 6) is 0.878. The number of benzene rings is 1. The molecular weight excluding hydrogens is 386 g/mol. The Morgan fingerprint density at radius 3 is 2.52 bits per heavy atom. The van der Waals surface area contributed by atoms with Crippen LogP contribution in [-0.2, 0) is 11.3 Å². The first-order valence-corrected chi connectivity index (χ1v) is 11.5. The number of hydrogen-bond acceptors (Lipinski definition) is 4. The molecule has 1 aliphatic rings. The van der Waals surface area contributed by atoms with Gasteiger partial charge in [0, 0.05) is 38.4 Å². The average Bonchev–Trinajstić information content (AvgIpc) is 2.77. The first-order valence-electron chi connectivity index (χ1n) is 11.5. The van der Waals surface area contributed by atoms with Crippen LogP contribution >= 0.6 is 0 Å². The van der Waals surface area contributed by atoms with Gasteiger partial charge >= 0.3 is 0 Å². The van der Waals surface area contributed by atoms with Gasteiger partial charge in [-0.1, -0.05) is 38.1 Å². The third-order valence-corrected chi connectivity index (χ3v) is 6.15. The molecule has 0 unspecified atom stereocenters. The predicted molar refractivity (Wildman–Crippen MR) is 126 cm³/mol. The molecule has 5 heteroatoms. The van der Waals surface area contributed by atoms with Gasteiger partial charge in [0.25, 0.3) is 5.91 Å². The van der Waals surface area contributed by atoms with Crippen molar-refractivity contribution in [2.24, 2.45) is 0 Å². The molecule has 168 valence electrons. The van der Waals surface area contributed by atoms with Gasteiger partial charge < -0.3 is 10.1 Å². The number of carbonyl (C=O) groups is 1. The molecule has 31 heavy (non-hydrogen) atoms. The number of aryl methyl sites for hydroxylation is 1. The first-order chi connectivity index (χ1) is 15.0. The lowest BCUT2D eigenvalue weighted by Crippen LogP contribution is -2.34. The maximum atomic E-state index is 12.8. The van der Waals surface area contributed by atoms with Crippen molar-refractivity contribution in [2.75, 3.05) is 33.4 Å². The minimum absolute atomic E-state index is 0.0220. The minimum atomic E-state index is -0.0220. The van der Waals surface area contributed by atoms with E-state index in [1.165, 1.54) is 11.1 Å². The van der Waals surface area contributed by atoms with Crippen LogP contribution in [0.1, 0.15) is 77.8 Å². The quantitative estimate of drug-likeness (QED) is 0.596. The number of likely N-dealkylation sites (tertiary alicyclic amines) is 1. The molecule has 1 aromatic heterocycles. The van der Waals surface area contributed by atoms with Crippen LogP contribution in [0.2, 0.25) is 0 Å². The summed E-state index contributed by atoms with van der Waals surface area (Å²) in [6.07, 6.45) is 2.88. The number of methoxy groups -OCH3 is 1. The van der Waals surface area contributed by atoms with Gasteiger partial charge in [0.2, 0.25) is 0 Å². The van der Waals surface area contributed by atoms with Crippen molar-refractivity contribution >= 4 is 5.91 Å². The van der Waals surface area contributed by atoms with Gasteiger partial charge in [-0.15, -0.1) is 0 Å². The Hall–Kier alpha value is -2.24. The molecule has 2 heterocycles. The van der Waals surface area contributed by atoms with Crippen LogP contribution in [0.3, 0.4) is 0 Å². The van der Waals surface area contributed by atoms with E-state index in [1.54, 1.807) is 7.11 Å². The molecule has 1 N–H and O–H groups in total. The summed E-state index contributed by atoms with van der Waals surface area (Å²) in [7, 11) is 1.68. The fraction of sp³-hybridized carbons (Fsp3) is 0.538. The first kappa shape index (κ1) is 23.4. The van der Waals surface area contributed by atoms with Gasteiger partial charge in [-0.05, 0) is 68.5 Å². The summed E-state index contributed by atoms with van der Waals surface area (Å²) in [6, 6.07) is 12.9. The van der Waals surface area contributed by atoms with Crippen molar-refractivity contribution in [3.8, 4) is 0 Å². The van der Waals surface area contributed by atoms with Crippen LogP contribution in [-0.4, -0.2) is 49.1 Å². The number of nitrogens with zero attached hydrogens (tertiary/aromatic N) is 2. The number of rotatable bonds is 9. The summed E-state index contributed by atoms with van der Waals surface area (Å²) in [6.45, 7) is 10.8. The Morgan fingerprint density at radius 2 is 1.87 bits per heavy atom. The van der Waals surface area contributed by atoms with Crippen molar-refractivity contribution in [1.29, 1.82) is 0 Å². The van der Waals surface area contributed by atoms with Crippen molar-refractivity contribution in [3.05, 3.63) is 64.5 Å². The molecule has 1 aliphatic heterocycles. The maximum absolute atomic E-state index is 12.8. The standard InChI is InChI=1S/C26H37N3O2/c1-19(2)22-9-7-21(8-10-22)18-29-15-12-23(13-16-29)25-24(11-6-20(3)28-25)26(30)27-14-5-17-31-4/h6-11,19,23H,5,12-18H2,1-4H3,(H,27,30). The van der Waals surface area contributed by atoms with Crippen LogP contribution in [0.25, 0.3) is 0 Å². The van der Waals surface area contributed by atoms with Gasteiger partial charge in [0.05, 0.1) is 11.3 Å². The highest BCUT2D eigenvalue weighted by atomic mass is 16.5. The lowest BCUT2D eigenvalue weighted by molar-refractivity contribution is 0.0945. The number of ether oxygens (including phenoxy) is 1. The molecule has 5 nitrogen and oxygen atoms in total. The average molecular weight is 424 g/mol. The van der Waals surface area contributed by atoms with Crippen molar-refractivity contribution in [1.82, 2.24) is 15.2 Å². The van der Waals surface area contributed by atoms with Crippen LogP contribution in [0.4, 0.5) is 0 Å². The smallest absolute Gasteiger partial charge is 0.253 e. The molecule has 0 saturated carbocycles. The normalized spacial score (nSPS) is 15.4. The van der Waals surface area contributed by atoms with Crippen molar-refractivity contribution in [3.63, 3.8) is 0 Å². The van der Waals surface area contributed by atoms with E-state index in [2.05, 4.69) is 48.3 Å². The second-order valence-electron chi connectivity index (χ2n) is 8.93. The van der Waals surface area contributed by atoms with Gasteiger partial charge in [-0.2, -0.15) is 0 Å². The van der Waals surface area contributed by atoms with E-state index >= 15 is 0 Å². The number of carbonyl (C=O) groups excluding carboxylic acids is 1. The highest BCUT2D eigenvalue weighted by Gasteiger charge is 2.26. The third-order valence-electron chi connectivity index (χ3n) is 6.15. The second-order valence-corrected chi connectivity index (χ2v) is 8.93. The van der Waals surface area contributed by atoms with E-state index in [-0.39, 0.29) is 5.91 Å². The zero-order valence-corrected chi connectivity index (χ0v) is 19.5. The molecule has 1 saturated heterocycles. The Balaban J connectivity index is 1.59. The predicted octanol–water partition coefficient (Wildman–Crippen LogP) is 4.66. The summed E-state index contributed by atoms with van der Waals surface area (Å²) in [4.78, 5) is 20.1. The molecule has 0 radical (unpaired) electrons. The van der Waals surface area contributed by atoms with Crippen molar-refractivity contribution in [2.45, 2.75) is 58.4 Å². The lowest BCUT2D eigenvalue weighted by Gasteiger charge is -2.32. The highest BCUT2D eigenvalue weighted by molar-refractivity contribution is 5.95. The molecule has 0 bridgehead atoms. The Kier molecular flexibility index (Phi) is 8.61. The molecular formula is C26H37N3O2. The van der Waals surface area contributed by atoms with Crippen LogP contribution < -0.4 is 5.32 Å². The fourth-order valence-corrected chi connectivity index (χ4v) is 4.22. The second kappa shape index (κ2) is 11.4. The van der Waals surface area contributed by atoms with E-state index in [0.717, 1.165) is 55.8 Å². The van der Waals surface area contributed by atoms with E-state index < -0.39 is 0 Å². The van der Waals surface area contributed by atoms with E-state index in [4.69, 9.17) is 9.72 Å². The number of amides is 1. The number of pyridine rings is 1. The van der Waals surface area contributed by atoms with E-state index in [0.29, 0.717) is 25.0 Å². The molecule has 3 rings (SSSR count). The molecule has 1 fully saturated rings. The highest BCUT2D eigenvalue weighted by Crippen LogP contribution is 2.30. The minimum Gasteiger partial charge on any atom is -0.385 e. The number of aromatic nitrogens is 1. The number of piperidine rings is 1. The Morgan fingerprint density at radius 1 is 1.16 bits per heavy atom. The van der Waals surface area contributed by atoms with Gasteiger partial charge in [0.1, 0.15) is 0 Å². The van der Waals surface area contributed by atoms with Gasteiger partial charge in [-0.3, -0.25) is 14.7 Å². The molecule has 0 aliphatic carbocycles. The number of nitrogens with one attached hydrogen (secondary N) is 1. The molecule has 1 amide bonds. The number of hydrogen-bond donors (Lipinski definition) is 1. The maximum Gasteiger partial charge on any atom is 0.253 e. The SMILES string of the molecule is COCCCNC(=O)c1ccc(C)nc1C1CCN(Cc2ccc(C(C)C)cc2)CC1. The summed E-state index contributed by atoms with van der Waals surface area (Å²) >= 11 is 0. The molecule has 1 aromatic carbocycles. The monoisotopic (exact) mass is 423 g/mol. The molecule has 0 atom stereocenters. The van der Waals surface area contributed by atoms with Crippen LogP contribution in [0.5, 0.6) is 0 Å². The molecule has 0 spiro atoms. The van der Waals surface area contributed by atoms with Gasteiger partial charge in [-0.25, -0.2) is 0 Å². The molecule has 2 aromatic rings. The summed E-state index contributed by atoms with van der Waals surface area (Å²) in [5.41, 5.74) is 5.42. The van der Waals surface area contributed by atoms with E-state index in [9.17, 15) is 4.79 Å². The third kappa shape index (κ3) is 6.62. The van der Waals surface area contributed by atoms with E-state index in [1.807, 2.05) is 19.1 Å². The van der Waals surface area contributed by atoms with Crippen LogP contribution in [0, 0.1) is 6.92 Å². The van der Waals surface area contributed by atoms with Crippen LogP contribution in [0.15, 0.2) is 36.4 Å². The Labute approximate surface area is 187 Å².